The Bertz CT molecular complexity index is 229. The first-order chi connectivity index (χ1) is 8.31. The van der Waals surface area contributed by atoms with Gasteiger partial charge in [0.05, 0.1) is 7.11 Å². The molecule has 0 aromatic carbocycles. The van der Waals surface area contributed by atoms with Crippen LogP contribution in [0, 0.1) is 0 Å². The first kappa shape index (κ1) is 16.0. The van der Waals surface area contributed by atoms with Crippen molar-refractivity contribution in [3.05, 3.63) is 24.3 Å². The van der Waals surface area contributed by atoms with Crippen molar-refractivity contribution < 1.29 is 9.53 Å². The molecule has 0 aliphatic carbocycles. The van der Waals surface area contributed by atoms with Gasteiger partial charge in [-0.1, -0.05) is 50.0 Å². The van der Waals surface area contributed by atoms with E-state index in [1.54, 1.807) is 0 Å². The molecule has 0 amide bonds. The van der Waals surface area contributed by atoms with E-state index in [1.165, 1.54) is 39.2 Å². The van der Waals surface area contributed by atoms with Crippen LogP contribution < -0.4 is 0 Å². The second-order valence-electron chi connectivity index (χ2n) is 4.19. The minimum atomic E-state index is -0.0842. The molecule has 17 heavy (non-hydrogen) atoms. The van der Waals surface area contributed by atoms with Crippen molar-refractivity contribution in [1.29, 1.82) is 0 Å². The molecule has 0 saturated carbocycles. The van der Waals surface area contributed by atoms with Crippen LogP contribution in [-0.4, -0.2) is 13.1 Å². The first-order valence-corrected chi connectivity index (χ1v) is 6.66. The number of hydrogen-bond acceptors (Lipinski definition) is 2. The van der Waals surface area contributed by atoms with Gasteiger partial charge in [-0.15, -0.1) is 0 Å². The fourth-order valence-corrected chi connectivity index (χ4v) is 1.63. The van der Waals surface area contributed by atoms with Gasteiger partial charge in [-0.05, 0) is 26.2 Å². The Morgan fingerprint density at radius 3 is 2.29 bits per heavy atom. The number of carbonyl (C=O) groups is 1. The van der Waals surface area contributed by atoms with Crippen LogP contribution in [0.3, 0.4) is 0 Å². The Labute approximate surface area is 106 Å². The third-order valence-corrected chi connectivity index (χ3v) is 2.67. The van der Waals surface area contributed by atoms with Gasteiger partial charge in [0.15, 0.2) is 0 Å². The summed E-state index contributed by atoms with van der Waals surface area (Å²) in [5, 5.41) is 0. The Balaban J connectivity index is 3.11. The molecule has 98 valence electrons. The van der Waals surface area contributed by atoms with Crippen LogP contribution in [0.4, 0.5) is 0 Å². The molecule has 2 nitrogen and oxygen atoms in total. The molecule has 0 aliphatic heterocycles. The number of esters is 1. The van der Waals surface area contributed by atoms with Crippen LogP contribution in [-0.2, 0) is 9.53 Å². The maximum atomic E-state index is 10.8. The van der Waals surface area contributed by atoms with Gasteiger partial charge >= 0.3 is 5.97 Å². The van der Waals surface area contributed by atoms with Gasteiger partial charge < -0.3 is 4.74 Å². The molecule has 0 atom stereocenters. The predicted octanol–water partition coefficient (Wildman–Crippen LogP) is 4.41. The van der Waals surface area contributed by atoms with Crippen LogP contribution in [0.2, 0.25) is 0 Å². The fourth-order valence-electron chi connectivity index (χ4n) is 1.63. The van der Waals surface area contributed by atoms with E-state index in [2.05, 4.69) is 23.0 Å². The number of rotatable bonds is 10. The molecule has 0 N–H and O–H groups in total. The normalized spacial score (nSPS) is 11.4. The number of methoxy groups -OCH3 is 1. The van der Waals surface area contributed by atoms with E-state index >= 15 is 0 Å². The van der Waals surface area contributed by atoms with E-state index in [-0.39, 0.29) is 5.97 Å². The zero-order valence-corrected chi connectivity index (χ0v) is 11.3. The summed E-state index contributed by atoms with van der Waals surface area (Å²) >= 11 is 0. The van der Waals surface area contributed by atoms with Crippen LogP contribution in [0.1, 0.15) is 58.3 Å². The van der Waals surface area contributed by atoms with Gasteiger partial charge in [-0.2, -0.15) is 0 Å². The average Bonchev–Trinajstić information content (AvgIpc) is 2.35. The van der Waals surface area contributed by atoms with Crippen LogP contribution >= 0.6 is 0 Å². The highest BCUT2D eigenvalue weighted by atomic mass is 16.5. The summed E-state index contributed by atoms with van der Waals surface area (Å²) in [6, 6.07) is 0. The molecule has 0 aromatic heterocycles. The summed E-state index contributed by atoms with van der Waals surface area (Å²) in [5.74, 6) is -0.0842. The van der Waals surface area contributed by atoms with Crippen LogP contribution in [0.25, 0.3) is 0 Å². The maximum absolute atomic E-state index is 10.8. The highest BCUT2D eigenvalue weighted by molar-refractivity contribution is 5.68. The molecule has 0 aromatic rings. The molecule has 0 saturated heterocycles. The Hall–Kier alpha value is -1.05. The number of hydrogen-bond donors (Lipinski definition) is 0. The summed E-state index contributed by atoms with van der Waals surface area (Å²) in [6.45, 7) is 2.03. The molecule has 0 fully saturated rings. The van der Waals surface area contributed by atoms with E-state index in [1.807, 2.05) is 13.0 Å². The van der Waals surface area contributed by atoms with Crippen LogP contribution in [0.15, 0.2) is 24.3 Å². The molecule has 0 rings (SSSR count). The first-order valence-electron chi connectivity index (χ1n) is 6.66. The predicted molar refractivity (Wildman–Crippen MR) is 72.9 cm³/mol. The summed E-state index contributed by atoms with van der Waals surface area (Å²) in [5.41, 5.74) is 0. The molecule has 0 radical (unpaired) electrons. The highest BCUT2D eigenvalue weighted by Gasteiger charge is 1.98. The second kappa shape index (κ2) is 13.0. The van der Waals surface area contributed by atoms with E-state index in [0.29, 0.717) is 6.42 Å². The monoisotopic (exact) mass is 238 g/mol. The van der Waals surface area contributed by atoms with Crippen molar-refractivity contribution >= 4 is 5.97 Å². The third-order valence-electron chi connectivity index (χ3n) is 2.67. The molecule has 0 spiro atoms. The molecule has 0 unspecified atom stereocenters. The van der Waals surface area contributed by atoms with Crippen LogP contribution in [0.5, 0.6) is 0 Å². The lowest BCUT2D eigenvalue weighted by molar-refractivity contribution is -0.140. The number of allylic oxidation sites excluding steroid dienone is 4. The van der Waals surface area contributed by atoms with Crippen molar-refractivity contribution in [1.82, 2.24) is 0 Å². The molecular weight excluding hydrogens is 212 g/mol. The lowest BCUT2D eigenvalue weighted by Crippen LogP contribution is -1.99. The minimum absolute atomic E-state index is 0.0842. The van der Waals surface area contributed by atoms with E-state index in [0.717, 1.165) is 12.8 Å². The maximum Gasteiger partial charge on any atom is 0.305 e. The smallest absolute Gasteiger partial charge is 0.305 e. The van der Waals surface area contributed by atoms with Gasteiger partial charge in [0.25, 0.3) is 0 Å². The zero-order chi connectivity index (χ0) is 12.8. The molecule has 0 heterocycles. The summed E-state index contributed by atoms with van der Waals surface area (Å²) < 4.78 is 4.59. The van der Waals surface area contributed by atoms with Gasteiger partial charge in [0.2, 0.25) is 0 Å². The highest BCUT2D eigenvalue weighted by Crippen LogP contribution is 2.09. The average molecular weight is 238 g/mol. The lowest BCUT2D eigenvalue weighted by atomic mass is 10.1. The van der Waals surface area contributed by atoms with Gasteiger partial charge in [0, 0.05) is 6.42 Å². The molecular formula is C15H26O2. The van der Waals surface area contributed by atoms with Crippen molar-refractivity contribution in [3.8, 4) is 0 Å². The zero-order valence-electron chi connectivity index (χ0n) is 11.3. The number of unbranched alkanes of at least 4 members (excludes halogenated alkanes) is 6. The summed E-state index contributed by atoms with van der Waals surface area (Å²) in [4.78, 5) is 10.8. The fraction of sp³-hybridized carbons (Fsp3) is 0.667. The Morgan fingerprint density at radius 2 is 1.65 bits per heavy atom. The molecule has 0 bridgehead atoms. The van der Waals surface area contributed by atoms with E-state index in [4.69, 9.17) is 0 Å². The summed E-state index contributed by atoms with van der Waals surface area (Å²) in [7, 11) is 1.45. The number of ether oxygens (including phenoxy) is 1. The molecule has 0 aliphatic rings. The van der Waals surface area contributed by atoms with Gasteiger partial charge in [-0.3, -0.25) is 4.79 Å². The van der Waals surface area contributed by atoms with Crippen molar-refractivity contribution in [2.24, 2.45) is 0 Å². The minimum Gasteiger partial charge on any atom is -0.469 e. The Morgan fingerprint density at radius 1 is 1.00 bits per heavy atom. The van der Waals surface area contributed by atoms with Crippen molar-refractivity contribution in [2.75, 3.05) is 7.11 Å². The quantitative estimate of drug-likeness (QED) is 0.320. The topological polar surface area (TPSA) is 26.3 Å². The third kappa shape index (κ3) is 12.9. The standard InChI is InChI=1S/C15H26O2/c1-3-4-5-6-7-8-9-10-11-12-13-14-15(16)17-2/h3-6H,7-14H2,1-2H3/b4-3+,6-5+. The number of carbonyl (C=O) groups excluding carboxylic acids is 1. The van der Waals surface area contributed by atoms with Gasteiger partial charge in [0.1, 0.15) is 0 Å². The van der Waals surface area contributed by atoms with Crippen molar-refractivity contribution in [2.45, 2.75) is 58.3 Å². The second-order valence-corrected chi connectivity index (χ2v) is 4.19. The van der Waals surface area contributed by atoms with Gasteiger partial charge in [-0.25, -0.2) is 0 Å². The lowest BCUT2D eigenvalue weighted by Gasteiger charge is -2.00. The molecule has 2 heteroatoms. The summed E-state index contributed by atoms with van der Waals surface area (Å²) in [6.07, 6.45) is 17.3. The Kier molecular flexibility index (Phi) is 12.2. The van der Waals surface area contributed by atoms with E-state index in [9.17, 15) is 4.79 Å². The van der Waals surface area contributed by atoms with E-state index < -0.39 is 0 Å². The SMILES string of the molecule is C/C=C/C=C/CCCCCCCCC(=O)OC. The largest absolute Gasteiger partial charge is 0.469 e. The van der Waals surface area contributed by atoms with Crippen molar-refractivity contribution in [3.63, 3.8) is 0 Å².